The monoisotopic (exact) mass is 352 g/mol. The van der Waals surface area contributed by atoms with Gasteiger partial charge < -0.3 is 24.8 Å². The molecule has 0 radical (unpaired) electrons. The number of hydrogen-bond donors (Lipinski definition) is 2. The van der Waals surface area contributed by atoms with Crippen LogP contribution in [0.4, 0.5) is 4.79 Å². The van der Waals surface area contributed by atoms with E-state index in [0.717, 1.165) is 11.1 Å². The quantitative estimate of drug-likeness (QED) is 0.631. The fraction of sp³-hybridized carbons (Fsp3) is 0.556. The number of carbonyl (C=O) groups excluding carboxylic acids is 1. The molecule has 0 aliphatic rings. The number of nitrogens with zero attached hydrogens (tertiary/aromatic N) is 1. The molecule has 0 fully saturated rings. The van der Waals surface area contributed by atoms with Gasteiger partial charge in [0.25, 0.3) is 0 Å². The summed E-state index contributed by atoms with van der Waals surface area (Å²) in [6, 6.07) is 5.45. The van der Waals surface area contributed by atoms with Gasteiger partial charge in [-0.3, -0.25) is 4.79 Å². The van der Waals surface area contributed by atoms with E-state index in [2.05, 4.69) is 5.32 Å². The van der Waals surface area contributed by atoms with Crippen LogP contribution in [0.5, 0.6) is 5.75 Å². The van der Waals surface area contributed by atoms with Gasteiger partial charge in [0, 0.05) is 32.3 Å². The van der Waals surface area contributed by atoms with Crippen LogP contribution in [0.25, 0.3) is 0 Å². The lowest BCUT2D eigenvalue weighted by atomic mass is 10.1. The van der Waals surface area contributed by atoms with Crippen LogP contribution in [0.2, 0.25) is 0 Å². The Morgan fingerprint density at radius 2 is 2.04 bits per heavy atom. The molecule has 0 bridgehead atoms. The van der Waals surface area contributed by atoms with E-state index < -0.39 is 11.9 Å². The number of hydrogen-bond acceptors (Lipinski definition) is 4. The average Bonchev–Trinajstić information content (AvgIpc) is 2.57. The van der Waals surface area contributed by atoms with Crippen molar-refractivity contribution < 1.29 is 24.2 Å². The molecule has 25 heavy (non-hydrogen) atoms. The Morgan fingerprint density at radius 1 is 1.32 bits per heavy atom. The summed E-state index contributed by atoms with van der Waals surface area (Å²) in [5.41, 5.74) is 1.92. The summed E-state index contributed by atoms with van der Waals surface area (Å²) in [4.78, 5) is 24.4. The third kappa shape index (κ3) is 7.43. The lowest BCUT2D eigenvalue weighted by Crippen LogP contribution is -2.40. The molecule has 0 heterocycles. The van der Waals surface area contributed by atoms with Gasteiger partial charge in [-0.15, -0.1) is 0 Å². The standard InChI is InChI=1S/C18H28N2O5/c1-5-24-8-9-25-16-10-13(2)6-7-15(16)11-19-18(23)20(4)12-14(3)17(21)22/h6-7,10,14H,5,8-9,11-12H2,1-4H3,(H,19,23)(H,21,22). The molecule has 0 aliphatic carbocycles. The van der Waals surface area contributed by atoms with Crippen molar-refractivity contribution in [3.8, 4) is 5.75 Å². The molecular weight excluding hydrogens is 324 g/mol. The van der Waals surface area contributed by atoms with E-state index >= 15 is 0 Å². The van der Waals surface area contributed by atoms with Crippen LogP contribution in [0.1, 0.15) is 25.0 Å². The first-order valence-corrected chi connectivity index (χ1v) is 8.37. The summed E-state index contributed by atoms with van der Waals surface area (Å²) in [5, 5.41) is 11.7. The Morgan fingerprint density at radius 3 is 2.68 bits per heavy atom. The summed E-state index contributed by atoms with van der Waals surface area (Å²) in [6.45, 7) is 7.49. The van der Waals surface area contributed by atoms with Crippen molar-refractivity contribution in [1.82, 2.24) is 10.2 Å². The van der Waals surface area contributed by atoms with Crippen molar-refractivity contribution in [2.45, 2.75) is 27.3 Å². The van der Waals surface area contributed by atoms with Crippen molar-refractivity contribution >= 4 is 12.0 Å². The van der Waals surface area contributed by atoms with Crippen molar-refractivity contribution in [3.05, 3.63) is 29.3 Å². The minimum Gasteiger partial charge on any atom is -0.491 e. The van der Waals surface area contributed by atoms with Gasteiger partial charge >= 0.3 is 12.0 Å². The molecule has 0 aromatic heterocycles. The minimum absolute atomic E-state index is 0.146. The molecule has 0 spiro atoms. The summed E-state index contributed by atoms with van der Waals surface area (Å²) < 4.78 is 11.0. The van der Waals surface area contributed by atoms with Crippen molar-refractivity contribution in [3.63, 3.8) is 0 Å². The van der Waals surface area contributed by atoms with Gasteiger partial charge in [0.05, 0.1) is 12.5 Å². The lowest BCUT2D eigenvalue weighted by Gasteiger charge is -2.20. The van der Waals surface area contributed by atoms with Crippen LogP contribution >= 0.6 is 0 Å². The highest BCUT2D eigenvalue weighted by molar-refractivity contribution is 5.75. The Balaban J connectivity index is 2.60. The van der Waals surface area contributed by atoms with Crippen molar-refractivity contribution in [1.29, 1.82) is 0 Å². The number of aliphatic carboxylic acids is 1. The van der Waals surface area contributed by atoms with Crippen LogP contribution in [0, 0.1) is 12.8 Å². The number of rotatable bonds is 10. The van der Waals surface area contributed by atoms with Crippen LogP contribution in [-0.4, -0.2) is 55.4 Å². The highest BCUT2D eigenvalue weighted by Gasteiger charge is 2.17. The first-order chi connectivity index (χ1) is 11.8. The third-order valence-electron chi connectivity index (χ3n) is 3.66. The Hall–Kier alpha value is -2.28. The van der Waals surface area contributed by atoms with Gasteiger partial charge in [-0.2, -0.15) is 0 Å². The maximum absolute atomic E-state index is 12.1. The predicted octanol–water partition coefficient (Wildman–Crippen LogP) is 2.27. The van der Waals surface area contributed by atoms with Crippen LogP contribution < -0.4 is 10.1 Å². The number of aryl methyl sites for hydroxylation is 1. The second-order valence-corrected chi connectivity index (χ2v) is 5.94. The number of amides is 2. The van der Waals surface area contributed by atoms with Crippen LogP contribution in [0.15, 0.2) is 18.2 Å². The lowest BCUT2D eigenvalue weighted by molar-refractivity contribution is -0.141. The van der Waals surface area contributed by atoms with Crippen molar-refractivity contribution in [2.24, 2.45) is 5.92 Å². The predicted molar refractivity (Wildman–Crippen MR) is 94.8 cm³/mol. The fourth-order valence-corrected chi connectivity index (χ4v) is 2.17. The van der Waals surface area contributed by atoms with Gasteiger partial charge in [0.15, 0.2) is 0 Å². The van der Waals surface area contributed by atoms with Gasteiger partial charge in [-0.05, 0) is 25.5 Å². The first kappa shape index (κ1) is 20.8. The number of urea groups is 1. The molecule has 1 unspecified atom stereocenters. The summed E-state index contributed by atoms with van der Waals surface area (Å²) in [7, 11) is 1.57. The fourth-order valence-electron chi connectivity index (χ4n) is 2.17. The molecular formula is C18H28N2O5. The molecule has 1 atom stereocenters. The van der Waals surface area contributed by atoms with E-state index in [0.29, 0.717) is 32.1 Å². The molecule has 0 saturated heterocycles. The number of carbonyl (C=O) groups is 2. The van der Waals surface area contributed by atoms with Crippen LogP contribution in [0.3, 0.4) is 0 Å². The van der Waals surface area contributed by atoms with Gasteiger partial charge in [0.2, 0.25) is 0 Å². The molecule has 0 aliphatic heterocycles. The zero-order valence-electron chi connectivity index (χ0n) is 15.4. The SMILES string of the molecule is CCOCCOc1cc(C)ccc1CNC(=O)N(C)CC(C)C(=O)O. The third-order valence-corrected chi connectivity index (χ3v) is 3.66. The molecule has 1 rings (SSSR count). The second-order valence-electron chi connectivity index (χ2n) is 5.94. The molecule has 7 nitrogen and oxygen atoms in total. The van der Waals surface area contributed by atoms with E-state index in [4.69, 9.17) is 14.6 Å². The highest BCUT2D eigenvalue weighted by atomic mass is 16.5. The minimum atomic E-state index is -0.928. The highest BCUT2D eigenvalue weighted by Crippen LogP contribution is 2.20. The number of ether oxygens (including phenoxy) is 2. The summed E-state index contributed by atoms with van der Waals surface area (Å²) in [6.07, 6.45) is 0. The topological polar surface area (TPSA) is 88.1 Å². The molecule has 140 valence electrons. The second kappa shape index (κ2) is 10.6. The van der Waals surface area contributed by atoms with Crippen LogP contribution in [-0.2, 0) is 16.1 Å². The van der Waals surface area contributed by atoms with E-state index in [1.165, 1.54) is 4.90 Å². The molecule has 7 heteroatoms. The molecule has 2 N–H and O–H groups in total. The Labute approximate surface area is 148 Å². The number of nitrogens with one attached hydrogen (secondary N) is 1. The van der Waals surface area contributed by atoms with E-state index in [-0.39, 0.29) is 12.6 Å². The normalized spacial score (nSPS) is 11.7. The van der Waals surface area contributed by atoms with Crippen molar-refractivity contribution in [2.75, 3.05) is 33.4 Å². The van der Waals surface area contributed by atoms with Gasteiger partial charge in [0.1, 0.15) is 12.4 Å². The number of carboxylic acids is 1. The largest absolute Gasteiger partial charge is 0.491 e. The molecule has 0 saturated carbocycles. The maximum Gasteiger partial charge on any atom is 0.317 e. The van der Waals surface area contributed by atoms with E-state index in [9.17, 15) is 9.59 Å². The summed E-state index contributed by atoms with van der Waals surface area (Å²) >= 11 is 0. The van der Waals surface area contributed by atoms with Gasteiger partial charge in [-0.25, -0.2) is 4.79 Å². The zero-order valence-corrected chi connectivity index (χ0v) is 15.4. The molecule has 2 amide bonds. The van der Waals surface area contributed by atoms with E-state index in [1.54, 1.807) is 14.0 Å². The first-order valence-electron chi connectivity index (χ1n) is 8.37. The number of carboxylic acid groups (broad SMARTS) is 1. The van der Waals surface area contributed by atoms with Gasteiger partial charge in [-0.1, -0.05) is 19.1 Å². The zero-order chi connectivity index (χ0) is 18.8. The Bertz CT molecular complexity index is 577. The maximum atomic E-state index is 12.1. The average molecular weight is 352 g/mol. The molecule has 1 aromatic rings. The van der Waals surface area contributed by atoms with E-state index in [1.807, 2.05) is 32.0 Å². The smallest absolute Gasteiger partial charge is 0.317 e. The molecule has 1 aromatic carbocycles. The Kier molecular flexibility index (Phi) is 8.77. The number of benzene rings is 1. The summed E-state index contributed by atoms with van der Waals surface area (Å²) in [5.74, 6) is -0.836.